The highest BCUT2D eigenvalue weighted by Crippen LogP contribution is 2.32. The fraction of sp³-hybridized carbons (Fsp3) is 0.105. The van der Waals surface area contributed by atoms with Gasteiger partial charge in [0.1, 0.15) is 0 Å². The number of aromatic amines is 1. The predicted octanol–water partition coefficient (Wildman–Crippen LogP) is 2.77. The van der Waals surface area contributed by atoms with Crippen LogP contribution in [0.4, 0.5) is 5.69 Å². The minimum Gasteiger partial charge on any atom is -0.493 e. The van der Waals surface area contributed by atoms with Gasteiger partial charge >= 0.3 is 0 Å². The molecule has 2 aromatic carbocycles. The number of H-pyrrole nitrogens is 1. The average Bonchev–Trinajstić information content (AvgIpc) is 3.21. The molecular formula is C19H17N5O5. The summed E-state index contributed by atoms with van der Waals surface area (Å²) in [6, 6.07) is 10.6. The molecule has 0 saturated heterocycles. The molecule has 10 nitrogen and oxygen atoms in total. The zero-order valence-corrected chi connectivity index (χ0v) is 15.6. The summed E-state index contributed by atoms with van der Waals surface area (Å²) in [7, 11) is 3.10. The number of hydrogen-bond donors (Lipinski definition) is 2. The van der Waals surface area contributed by atoms with Crippen molar-refractivity contribution in [2.75, 3.05) is 14.2 Å². The molecule has 1 aromatic heterocycles. The second-order valence-corrected chi connectivity index (χ2v) is 5.77. The molecule has 3 aromatic rings. The van der Waals surface area contributed by atoms with E-state index in [4.69, 9.17) is 9.47 Å². The minimum atomic E-state index is -0.533. The van der Waals surface area contributed by atoms with Crippen LogP contribution in [-0.4, -0.2) is 41.5 Å². The molecule has 0 aliphatic carbocycles. The van der Waals surface area contributed by atoms with Gasteiger partial charge in [-0.15, -0.1) is 0 Å². The maximum Gasteiger partial charge on any atom is 0.271 e. The molecule has 0 saturated carbocycles. The molecule has 1 amide bonds. The van der Waals surface area contributed by atoms with Crippen molar-refractivity contribution in [2.45, 2.75) is 0 Å². The quantitative estimate of drug-likeness (QED) is 0.359. The number of nitrogens with zero attached hydrogens (tertiary/aromatic N) is 3. The number of aromatic nitrogens is 2. The monoisotopic (exact) mass is 395 g/mol. The van der Waals surface area contributed by atoms with Gasteiger partial charge in [0.2, 0.25) is 0 Å². The first-order valence-electron chi connectivity index (χ1n) is 8.37. The van der Waals surface area contributed by atoms with Crippen LogP contribution in [0, 0.1) is 10.1 Å². The molecule has 0 unspecified atom stereocenters. The molecule has 2 N–H and O–H groups in total. The Balaban J connectivity index is 1.73. The third-order valence-electron chi connectivity index (χ3n) is 4.05. The van der Waals surface area contributed by atoms with Gasteiger partial charge < -0.3 is 9.47 Å². The molecule has 0 bridgehead atoms. The number of hydrogen-bond acceptors (Lipinski definition) is 7. The number of nitrogens with one attached hydrogen (secondary N) is 2. The molecule has 29 heavy (non-hydrogen) atoms. The highest BCUT2D eigenvalue weighted by molar-refractivity contribution is 5.95. The van der Waals surface area contributed by atoms with E-state index in [9.17, 15) is 14.9 Å². The fourth-order valence-electron chi connectivity index (χ4n) is 2.58. The van der Waals surface area contributed by atoms with E-state index in [2.05, 4.69) is 20.7 Å². The van der Waals surface area contributed by atoms with Crippen molar-refractivity contribution in [3.8, 4) is 22.8 Å². The van der Waals surface area contributed by atoms with Crippen molar-refractivity contribution in [1.29, 1.82) is 0 Å². The molecule has 0 spiro atoms. The van der Waals surface area contributed by atoms with Crippen molar-refractivity contribution in [3.05, 3.63) is 69.9 Å². The SMILES string of the molecule is COc1ccc(-c2[nH]ncc2/C=N\NC(=O)c2ccc([N+](=O)[O-])cc2)cc1OC. The van der Waals surface area contributed by atoms with Crippen LogP contribution in [0.15, 0.2) is 53.8 Å². The lowest BCUT2D eigenvalue weighted by atomic mass is 10.1. The molecule has 0 atom stereocenters. The number of nitro groups is 1. The van der Waals surface area contributed by atoms with E-state index in [1.165, 1.54) is 30.5 Å². The van der Waals surface area contributed by atoms with Gasteiger partial charge in [-0.25, -0.2) is 5.43 Å². The van der Waals surface area contributed by atoms with E-state index in [-0.39, 0.29) is 11.3 Å². The Morgan fingerprint density at radius 3 is 2.55 bits per heavy atom. The molecule has 1 heterocycles. The van der Waals surface area contributed by atoms with Gasteiger partial charge in [-0.1, -0.05) is 0 Å². The molecule has 148 valence electrons. The van der Waals surface area contributed by atoms with Crippen molar-refractivity contribution >= 4 is 17.8 Å². The number of amides is 1. The molecule has 0 fully saturated rings. The number of benzene rings is 2. The van der Waals surface area contributed by atoms with Crippen LogP contribution in [0.5, 0.6) is 11.5 Å². The van der Waals surface area contributed by atoms with Crippen LogP contribution in [-0.2, 0) is 0 Å². The normalized spacial score (nSPS) is 10.7. The summed E-state index contributed by atoms with van der Waals surface area (Å²) in [5, 5.41) is 21.5. The van der Waals surface area contributed by atoms with Gasteiger partial charge in [-0.05, 0) is 30.3 Å². The molecule has 3 rings (SSSR count). The number of nitro benzene ring substituents is 1. The maximum atomic E-state index is 12.1. The van der Waals surface area contributed by atoms with E-state index in [1.54, 1.807) is 32.5 Å². The first-order chi connectivity index (χ1) is 14.0. The predicted molar refractivity (Wildman–Crippen MR) is 105 cm³/mol. The Labute approximate surface area is 165 Å². The Bertz CT molecular complexity index is 1060. The van der Waals surface area contributed by atoms with Gasteiger partial charge in [0.25, 0.3) is 11.6 Å². The molecule has 0 radical (unpaired) electrons. The molecular weight excluding hydrogens is 378 g/mol. The Morgan fingerprint density at radius 1 is 1.17 bits per heavy atom. The van der Waals surface area contributed by atoms with Crippen molar-refractivity contribution in [2.24, 2.45) is 5.10 Å². The number of methoxy groups -OCH3 is 2. The van der Waals surface area contributed by atoms with Crippen LogP contribution in [0.1, 0.15) is 15.9 Å². The van der Waals surface area contributed by atoms with Gasteiger partial charge in [0, 0.05) is 28.8 Å². The summed E-state index contributed by atoms with van der Waals surface area (Å²) in [6.07, 6.45) is 3.01. The number of non-ortho nitro benzene ring substituents is 1. The summed E-state index contributed by atoms with van der Waals surface area (Å²) in [5.41, 5.74) is 4.65. The van der Waals surface area contributed by atoms with E-state index >= 15 is 0 Å². The summed E-state index contributed by atoms with van der Waals surface area (Å²) < 4.78 is 10.5. The van der Waals surface area contributed by atoms with Gasteiger partial charge in [0.05, 0.1) is 37.2 Å². The van der Waals surface area contributed by atoms with Crippen molar-refractivity contribution < 1.29 is 19.2 Å². The standard InChI is InChI=1S/C19H17N5O5/c1-28-16-8-5-13(9-17(16)29-2)18-14(10-20-22-18)11-21-23-19(25)12-3-6-15(7-4-12)24(26)27/h3-11H,1-2H3,(H,20,22)(H,23,25)/b21-11-. The molecule has 0 aliphatic rings. The second kappa shape index (κ2) is 8.65. The number of rotatable bonds is 7. The first kappa shape index (κ1) is 19.5. The Hall–Kier alpha value is -4.21. The third kappa shape index (κ3) is 4.38. The maximum absolute atomic E-state index is 12.1. The zero-order chi connectivity index (χ0) is 20.8. The van der Waals surface area contributed by atoms with E-state index in [0.717, 1.165) is 5.56 Å². The average molecular weight is 395 g/mol. The minimum absolute atomic E-state index is 0.0944. The van der Waals surface area contributed by atoms with Crippen LogP contribution in [0.2, 0.25) is 0 Å². The topological polar surface area (TPSA) is 132 Å². The second-order valence-electron chi connectivity index (χ2n) is 5.77. The van der Waals surface area contributed by atoms with E-state index < -0.39 is 10.8 Å². The lowest BCUT2D eigenvalue weighted by molar-refractivity contribution is -0.384. The Kier molecular flexibility index (Phi) is 5.83. The zero-order valence-electron chi connectivity index (χ0n) is 15.6. The number of hydrazone groups is 1. The highest BCUT2D eigenvalue weighted by atomic mass is 16.6. The van der Waals surface area contributed by atoms with Crippen LogP contribution >= 0.6 is 0 Å². The van der Waals surface area contributed by atoms with Gasteiger partial charge in [0.15, 0.2) is 11.5 Å². The summed E-state index contributed by atoms with van der Waals surface area (Å²) >= 11 is 0. The number of ether oxygens (including phenoxy) is 2. The molecule has 10 heteroatoms. The third-order valence-corrected chi connectivity index (χ3v) is 4.05. The lowest BCUT2D eigenvalue weighted by Gasteiger charge is -2.09. The van der Waals surface area contributed by atoms with Crippen LogP contribution in [0.25, 0.3) is 11.3 Å². The van der Waals surface area contributed by atoms with Crippen LogP contribution < -0.4 is 14.9 Å². The van der Waals surface area contributed by atoms with Crippen molar-refractivity contribution in [3.63, 3.8) is 0 Å². The number of carbonyl (C=O) groups excluding carboxylic acids is 1. The van der Waals surface area contributed by atoms with Gasteiger partial charge in [-0.2, -0.15) is 10.2 Å². The summed E-state index contributed by atoms with van der Waals surface area (Å²) in [6.45, 7) is 0. The highest BCUT2D eigenvalue weighted by Gasteiger charge is 2.11. The number of carbonyl (C=O) groups is 1. The first-order valence-corrected chi connectivity index (χ1v) is 8.37. The molecule has 0 aliphatic heterocycles. The summed E-state index contributed by atoms with van der Waals surface area (Å²) in [5.74, 6) is 0.669. The van der Waals surface area contributed by atoms with E-state index in [1.807, 2.05) is 6.07 Å². The lowest BCUT2D eigenvalue weighted by Crippen LogP contribution is -2.17. The fourth-order valence-corrected chi connectivity index (χ4v) is 2.58. The largest absolute Gasteiger partial charge is 0.493 e. The van der Waals surface area contributed by atoms with Crippen LogP contribution in [0.3, 0.4) is 0 Å². The summed E-state index contributed by atoms with van der Waals surface area (Å²) in [4.78, 5) is 22.2. The van der Waals surface area contributed by atoms with E-state index in [0.29, 0.717) is 22.8 Å². The van der Waals surface area contributed by atoms with Gasteiger partial charge in [-0.3, -0.25) is 20.0 Å². The smallest absolute Gasteiger partial charge is 0.271 e. The van der Waals surface area contributed by atoms with Crippen molar-refractivity contribution in [1.82, 2.24) is 15.6 Å². The Morgan fingerprint density at radius 2 is 1.90 bits per heavy atom.